The number of aromatic nitrogens is 2. The molecule has 1 heterocycles. The first kappa shape index (κ1) is 23.5. The van der Waals surface area contributed by atoms with E-state index in [1.165, 1.54) is 19.1 Å². The Kier molecular flexibility index (Phi) is 8.53. The van der Waals surface area contributed by atoms with Crippen molar-refractivity contribution in [2.24, 2.45) is 7.05 Å². The smallest absolute Gasteiger partial charge is 0.159 e. The van der Waals surface area contributed by atoms with Crippen molar-refractivity contribution in [1.82, 2.24) is 14.9 Å². The molecule has 0 radical (unpaired) electrons. The number of Topliss-reactive ketones (excluding diaryl/α,β-unsaturated/α-hetero) is 1. The molecule has 2 aromatic carbocycles. The van der Waals surface area contributed by atoms with E-state index in [1.54, 1.807) is 36.5 Å². The number of aryl methyl sites for hydroxylation is 1. The van der Waals surface area contributed by atoms with Crippen LogP contribution in [0, 0.1) is 5.82 Å². The highest BCUT2D eigenvalue weighted by Gasteiger charge is 2.20. The summed E-state index contributed by atoms with van der Waals surface area (Å²) in [5.74, 6) is 0.934. The molecule has 160 valence electrons. The van der Waals surface area contributed by atoms with Gasteiger partial charge in [0, 0.05) is 31.5 Å². The Morgan fingerprint density at radius 1 is 1.27 bits per heavy atom. The van der Waals surface area contributed by atoms with E-state index in [0.717, 1.165) is 0 Å². The third kappa shape index (κ3) is 6.13. The lowest BCUT2D eigenvalue weighted by atomic mass is 10.1. The Morgan fingerprint density at radius 3 is 2.60 bits per heavy atom. The summed E-state index contributed by atoms with van der Waals surface area (Å²) in [6.45, 7) is 1.80. The minimum Gasteiger partial charge on any atom is -0.491 e. The van der Waals surface area contributed by atoms with E-state index in [0.29, 0.717) is 22.7 Å². The maximum absolute atomic E-state index is 13.7. The standard InChI is InChI=1S/C22H24FN3O3.ClH/c1-15(27)16-6-8-20(9-7-16)29-14-19(28)13-25-21(22-24-10-11-26(22)2)17-4-3-5-18(23)12-17;/h3-12,19,21,25,28H,13-14H2,1-2H3;1H. The molecular formula is C22H25ClFN3O3. The van der Waals surface area contributed by atoms with Crippen molar-refractivity contribution < 1.29 is 19.0 Å². The minimum atomic E-state index is -0.793. The maximum atomic E-state index is 13.7. The van der Waals surface area contributed by atoms with Gasteiger partial charge in [0.15, 0.2) is 5.78 Å². The van der Waals surface area contributed by atoms with Gasteiger partial charge in [-0.15, -0.1) is 12.4 Å². The van der Waals surface area contributed by atoms with Gasteiger partial charge in [0.25, 0.3) is 0 Å². The van der Waals surface area contributed by atoms with Crippen LogP contribution in [0.2, 0.25) is 0 Å². The first-order valence-electron chi connectivity index (χ1n) is 9.32. The number of halogens is 2. The van der Waals surface area contributed by atoms with Crippen LogP contribution in [0.25, 0.3) is 0 Å². The molecular weight excluding hydrogens is 409 g/mol. The fraction of sp³-hybridized carbons (Fsp3) is 0.273. The zero-order valence-electron chi connectivity index (χ0n) is 16.8. The van der Waals surface area contributed by atoms with Crippen molar-refractivity contribution in [3.8, 4) is 5.75 Å². The number of rotatable bonds is 9. The van der Waals surface area contributed by atoms with Gasteiger partial charge in [-0.25, -0.2) is 9.37 Å². The molecule has 0 aliphatic rings. The van der Waals surface area contributed by atoms with E-state index in [9.17, 15) is 14.3 Å². The van der Waals surface area contributed by atoms with E-state index in [2.05, 4.69) is 10.3 Å². The summed E-state index contributed by atoms with van der Waals surface area (Å²) in [4.78, 5) is 15.7. The first-order valence-corrected chi connectivity index (χ1v) is 9.32. The minimum absolute atomic E-state index is 0. The number of aliphatic hydroxyl groups is 1. The Hall–Kier alpha value is -2.74. The normalized spacial score (nSPS) is 12.7. The second-order valence-electron chi connectivity index (χ2n) is 6.84. The number of ketones is 1. The molecule has 0 bridgehead atoms. The molecule has 2 atom stereocenters. The van der Waals surface area contributed by atoms with Crippen LogP contribution in [0.4, 0.5) is 4.39 Å². The molecule has 0 aliphatic heterocycles. The number of imidazole rings is 1. The molecule has 1 aromatic heterocycles. The first-order chi connectivity index (χ1) is 13.9. The fourth-order valence-corrected chi connectivity index (χ4v) is 2.99. The molecule has 8 heteroatoms. The zero-order chi connectivity index (χ0) is 20.8. The number of carbonyl (C=O) groups is 1. The summed E-state index contributed by atoms with van der Waals surface area (Å²) in [6, 6.07) is 12.7. The lowest BCUT2D eigenvalue weighted by molar-refractivity contribution is 0.101. The largest absolute Gasteiger partial charge is 0.491 e. The van der Waals surface area contributed by atoms with Gasteiger partial charge in [-0.05, 0) is 48.9 Å². The molecule has 2 unspecified atom stereocenters. The molecule has 30 heavy (non-hydrogen) atoms. The van der Waals surface area contributed by atoms with Gasteiger partial charge in [0.1, 0.15) is 30.1 Å². The Bertz CT molecular complexity index is 962. The molecule has 0 spiro atoms. The van der Waals surface area contributed by atoms with Crippen LogP contribution in [0.15, 0.2) is 60.9 Å². The number of nitrogens with zero attached hydrogens (tertiary/aromatic N) is 2. The van der Waals surface area contributed by atoms with Crippen molar-refractivity contribution in [3.05, 3.63) is 83.7 Å². The van der Waals surface area contributed by atoms with Crippen molar-refractivity contribution in [3.63, 3.8) is 0 Å². The number of hydrogen-bond donors (Lipinski definition) is 2. The molecule has 0 saturated heterocycles. The van der Waals surface area contributed by atoms with Gasteiger partial charge in [-0.2, -0.15) is 0 Å². The number of carbonyl (C=O) groups excluding carboxylic acids is 1. The second-order valence-corrected chi connectivity index (χ2v) is 6.84. The number of hydrogen-bond acceptors (Lipinski definition) is 5. The van der Waals surface area contributed by atoms with Crippen LogP contribution in [0.3, 0.4) is 0 Å². The molecule has 0 saturated carbocycles. The summed E-state index contributed by atoms with van der Waals surface area (Å²) in [7, 11) is 1.86. The summed E-state index contributed by atoms with van der Waals surface area (Å²) in [5.41, 5.74) is 1.32. The third-order valence-electron chi connectivity index (χ3n) is 4.56. The quantitative estimate of drug-likeness (QED) is 0.506. The number of nitrogens with one attached hydrogen (secondary N) is 1. The highest BCUT2D eigenvalue weighted by atomic mass is 35.5. The molecule has 0 fully saturated rings. The lowest BCUT2D eigenvalue weighted by Crippen LogP contribution is -2.35. The van der Waals surface area contributed by atoms with Crippen LogP contribution in [0.5, 0.6) is 5.75 Å². The van der Waals surface area contributed by atoms with E-state index in [-0.39, 0.29) is 43.2 Å². The van der Waals surface area contributed by atoms with Gasteiger partial charge in [0.05, 0.1) is 6.04 Å². The number of ether oxygens (including phenoxy) is 1. The average Bonchev–Trinajstić information content (AvgIpc) is 3.12. The van der Waals surface area contributed by atoms with Gasteiger partial charge in [0.2, 0.25) is 0 Å². The van der Waals surface area contributed by atoms with E-state index in [1.807, 2.05) is 23.9 Å². The molecule has 2 N–H and O–H groups in total. The summed E-state index contributed by atoms with van der Waals surface area (Å²) < 4.78 is 21.2. The molecule has 3 aromatic rings. The number of aliphatic hydroxyl groups excluding tert-OH is 1. The van der Waals surface area contributed by atoms with Gasteiger partial charge < -0.3 is 19.7 Å². The van der Waals surface area contributed by atoms with Crippen molar-refractivity contribution in [2.75, 3.05) is 13.2 Å². The van der Waals surface area contributed by atoms with Gasteiger partial charge >= 0.3 is 0 Å². The van der Waals surface area contributed by atoms with Crippen LogP contribution in [-0.4, -0.2) is 39.7 Å². The summed E-state index contributed by atoms with van der Waals surface area (Å²) >= 11 is 0. The lowest BCUT2D eigenvalue weighted by Gasteiger charge is -2.21. The van der Waals surface area contributed by atoms with E-state index < -0.39 is 6.10 Å². The number of benzene rings is 2. The highest BCUT2D eigenvalue weighted by molar-refractivity contribution is 5.94. The maximum Gasteiger partial charge on any atom is 0.159 e. The zero-order valence-corrected chi connectivity index (χ0v) is 17.6. The van der Waals surface area contributed by atoms with Crippen LogP contribution >= 0.6 is 12.4 Å². The third-order valence-corrected chi connectivity index (χ3v) is 4.56. The van der Waals surface area contributed by atoms with Crippen LogP contribution < -0.4 is 10.1 Å². The molecule has 6 nitrogen and oxygen atoms in total. The summed E-state index contributed by atoms with van der Waals surface area (Å²) in [5, 5.41) is 13.6. The SMILES string of the molecule is CC(=O)c1ccc(OCC(O)CNC(c2cccc(F)c2)c2nccn2C)cc1.Cl. The van der Waals surface area contributed by atoms with Crippen molar-refractivity contribution >= 4 is 18.2 Å². The highest BCUT2D eigenvalue weighted by Crippen LogP contribution is 2.21. The fourth-order valence-electron chi connectivity index (χ4n) is 2.99. The Morgan fingerprint density at radius 2 is 2.00 bits per heavy atom. The Balaban J connectivity index is 0.00000320. The van der Waals surface area contributed by atoms with E-state index >= 15 is 0 Å². The van der Waals surface area contributed by atoms with Crippen molar-refractivity contribution in [1.29, 1.82) is 0 Å². The van der Waals surface area contributed by atoms with Crippen molar-refractivity contribution in [2.45, 2.75) is 19.1 Å². The Labute approximate surface area is 181 Å². The van der Waals surface area contributed by atoms with Crippen LogP contribution in [0.1, 0.15) is 34.7 Å². The van der Waals surface area contributed by atoms with Crippen LogP contribution in [-0.2, 0) is 7.05 Å². The predicted octanol–water partition coefficient (Wildman–Crippen LogP) is 3.30. The predicted molar refractivity (Wildman–Crippen MR) is 115 cm³/mol. The molecule has 3 rings (SSSR count). The average molecular weight is 434 g/mol. The van der Waals surface area contributed by atoms with Gasteiger partial charge in [-0.3, -0.25) is 4.79 Å². The second kappa shape index (κ2) is 10.9. The topological polar surface area (TPSA) is 76.4 Å². The van der Waals surface area contributed by atoms with Gasteiger partial charge in [-0.1, -0.05) is 12.1 Å². The molecule has 0 amide bonds. The van der Waals surface area contributed by atoms with E-state index in [4.69, 9.17) is 4.74 Å². The molecule has 0 aliphatic carbocycles. The summed E-state index contributed by atoms with van der Waals surface area (Å²) in [6.07, 6.45) is 2.69. The monoisotopic (exact) mass is 433 g/mol.